The van der Waals surface area contributed by atoms with Crippen LogP contribution in [0.4, 0.5) is 10.1 Å². The number of nitrogens with one attached hydrogen (secondary N) is 1. The van der Waals surface area contributed by atoms with Gasteiger partial charge < -0.3 is 9.73 Å². The first-order valence-electron chi connectivity index (χ1n) is 8.65. The molecule has 10 heteroatoms. The number of anilines is 1. The number of benzene rings is 1. The topological polar surface area (TPSA) is 79.6 Å². The van der Waals surface area contributed by atoms with Gasteiger partial charge in [-0.25, -0.2) is 12.8 Å². The maximum atomic E-state index is 13.3. The Hall–Kier alpha value is -2.30. The van der Waals surface area contributed by atoms with Crippen molar-refractivity contribution in [3.05, 3.63) is 71.8 Å². The van der Waals surface area contributed by atoms with Crippen LogP contribution in [0.15, 0.2) is 68.8 Å². The number of sulfonamides is 1. The van der Waals surface area contributed by atoms with Crippen LogP contribution in [0.5, 0.6) is 0 Å². The number of halogens is 1. The number of nitrogens with zero attached hydrogens (tertiary/aromatic N) is 1. The van der Waals surface area contributed by atoms with Gasteiger partial charge in [-0.15, -0.1) is 11.3 Å². The molecule has 6 nitrogen and oxygen atoms in total. The number of furan rings is 1. The molecule has 0 radical (unpaired) electrons. The third kappa shape index (κ3) is 5.84. The van der Waals surface area contributed by atoms with E-state index < -0.39 is 28.3 Å². The molecule has 0 saturated carbocycles. The zero-order chi connectivity index (χ0) is 20.7. The highest BCUT2D eigenvalue weighted by Gasteiger charge is 2.28. The molecule has 0 unspecified atom stereocenters. The second kappa shape index (κ2) is 9.95. The van der Waals surface area contributed by atoms with Crippen LogP contribution in [0.3, 0.4) is 0 Å². The highest BCUT2D eigenvalue weighted by molar-refractivity contribution is 7.98. The minimum Gasteiger partial charge on any atom is -0.468 e. The molecule has 154 valence electrons. The molecule has 0 bridgehead atoms. The van der Waals surface area contributed by atoms with Crippen LogP contribution >= 0.6 is 23.1 Å². The maximum Gasteiger partial charge on any atom is 0.274 e. The molecule has 3 aromatic rings. The first-order valence-corrected chi connectivity index (χ1v) is 12.1. The third-order valence-corrected chi connectivity index (χ3v) is 7.96. The minimum absolute atomic E-state index is 0.114. The number of hydrogen-bond donors (Lipinski definition) is 1. The number of rotatable bonds is 10. The van der Waals surface area contributed by atoms with E-state index in [1.54, 1.807) is 29.5 Å². The van der Waals surface area contributed by atoms with Crippen LogP contribution in [0, 0.1) is 5.82 Å². The average Bonchev–Trinajstić information content (AvgIpc) is 3.41. The summed E-state index contributed by atoms with van der Waals surface area (Å²) in [5, 5.41) is 4.37. The summed E-state index contributed by atoms with van der Waals surface area (Å²) in [5.74, 6) is 1.28. The summed E-state index contributed by atoms with van der Waals surface area (Å²) >= 11 is 2.65. The van der Waals surface area contributed by atoms with E-state index in [2.05, 4.69) is 5.32 Å². The Morgan fingerprint density at radius 2 is 1.97 bits per heavy atom. The molecule has 0 aliphatic carbocycles. The summed E-state index contributed by atoms with van der Waals surface area (Å²) in [7, 11) is -3.93. The summed E-state index contributed by atoms with van der Waals surface area (Å²) in [6.45, 7) is -0.00473. The van der Waals surface area contributed by atoms with Gasteiger partial charge in [0, 0.05) is 12.3 Å². The van der Waals surface area contributed by atoms with E-state index in [1.807, 2.05) is 12.1 Å². The second-order valence-corrected chi connectivity index (χ2v) is 10.0. The van der Waals surface area contributed by atoms with Gasteiger partial charge in [-0.3, -0.25) is 9.10 Å². The second-order valence-electron chi connectivity index (χ2n) is 5.90. The number of thiophene rings is 1. The van der Waals surface area contributed by atoms with Crippen molar-refractivity contribution in [3.8, 4) is 0 Å². The summed E-state index contributed by atoms with van der Waals surface area (Å²) in [4.78, 5) is 12.4. The fraction of sp³-hybridized carbons (Fsp3) is 0.211. The van der Waals surface area contributed by atoms with Gasteiger partial charge in [-0.1, -0.05) is 6.07 Å². The zero-order valence-electron chi connectivity index (χ0n) is 15.3. The van der Waals surface area contributed by atoms with Gasteiger partial charge in [-0.05, 0) is 47.8 Å². The standard InChI is InChI=1S/C19H19FN2O4S3/c20-15-5-7-16(8-6-15)22(29(24,25)19-4-2-11-28-19)13-18(23)21-9-12-27-14-17-3-1-10-26-17/h1-8,10-11H,9,12-14H2,(H,21,23). The van der Waals surface area contributed by atoms with Crippen molar-refractivity contribution in [2.75, 3.05) is 23.1 Å². The quantitative estimate of drug-likeness (QED) is 0.472. The van der Waals surface area contributed by atoms with E-state index in [-0.39, 0.29) is 9.90 Å². The Bertz CT molecular complexity index is 1000. The van der Waals surface area contributed by atoms with Gasteiger partial charge in [0.15, 0.2) is 0 Å². The number of amides is 1. The van der Waals surface area contributed by atoms with Crippen LogP contribution in [0.2, 0.25) is 0 Å². The van der Waals surface area contributed by atoms with E-state index in [0.717, 1.165) is 33.5 Å². The van der Waals surface area contributed by atoms with E-state index >= 15 is 0 Å². The Morgan fingerprint density at radius 3 is 2.62 bits per heavy atom. The van der Waals surface area contributed by atoms with E-state index in [4.69, 9.17) is 4.42 Å². The molecule has 1 amide bonds. The molecule has 29 heavy (non-hydrogen) atoms. The Balaban J connectivity index is 1.62. The smallest absolute Gasteiger partial charge is 0.274 e. The van der Waals surface area contributed by atoms with E-state index in [9.17, 15) is 17.6 Å². The van der Waals surface area contributed by atoms with Crippen LogP contribution in [0.25, 0.3) is 0 Å². The normalized spacial score (nSPS) is 11.3. The van der Waals surface area contributed by atoms with Crippen LogP contribution < -0.4 is 9.62 Å². The van der Waals surface area contributed by atoms with Crippen LogP contribution in [0.1, 0.15) is 5.76 Å². The van der Waals surface area contributed by atoms with Crippen molar-refractivity contribution in [1.29, 1.82) is 0 Å². The fourth-order valence-electron chi connectivity index (χ4n) is 2.46. The van der Waals surface area contributed by atoms with Crippen molar-refractivity contribution in [2.45, 2.75) is 9.96 Å². The predicted octanol–water partition coefficient (Wildman–Crippen LogP) is 3.73. The molecule has 1 N–H and O–H groups in total. The lowest BCUT2D eigenvalue weighted by Crippen LogP contribution is -2.41. The molecule has 0 atom stereocenters. The Kier molecular flexibility index (Phi) is 7.34. The van der Waals surface area contributed by atoms with Gasteiger partial charge in [0.05, 0.1) is 17.7 Å². The molecule has 0 saturated heterocycles. The minimum atomic E-state index is -3.93. The molecule has 0 aliphatic rings. The third-order valence-electron chi connectivity index (χ3n) is 3.83. The van der Waals surface area contributed by atoms with Crippen molar-refractivity contribution < 1.29 is 22.0 Å². The van der Waals surface area contributed by atoms with Gasteiger partial charge in [-0.2, -0.15) is 11.8 Å². The van der Waals surface area contributed by atoms with Gasteiger partial charge in [0.2, 0.25) is 5.91 Å². The largest absolute Gasteiger partial charge is 0.468 e. The van der Waals surface area contributed by atoms with Crippen molar-refractivity contribution in [2.24, 2.45) is 0 Å². The zero-order valence-corrected chi connectivity index (χ0v) is 17.7. The molecular formula is C19H19FN2O4S3. The SMILES string of the molecule is O=C(CN(c1ccc(F)cc1)S(=O)(=O)c1cccs1)NCCSCc1ccco1. The number of thioether (sulfide) groups is 1. The number of carbonyl (C=O) groups is 1. The van der Waals surface area contributed by atoms with Crippen molar-refractivity contribution in [3.63, 3.8) is 0 Å². The number of hydrogen-bond acceptors (Lipinski definition) is 6. The van der Waals surface area contributed by atoms with Crippen LogP contribution in [-0.4, -0.2) is 33.2 Å². The summed E-state index contributed by atoms with van der Waals surface area (Å²) in [6.07, 6.45) is 1.61. The lowest BCUT2D eigenvalue weighted by Gasteiger charge is -2.23. The van der Waals surface area contributed by atoms with E-state index in [0.29, 0.717) is 18.1 Å². The fourth-order valence-corrected chi connectivity index (χ4v) is 5.74. The first kappa shape index (κ1) is 21.4. The molecule has 0 aliphatic heterocycles. The Labute approximate surface area is 176 Å². The van der Waals surface area contributed by atoms with E-state index in [1.165, 1.54) is 18.2 Å². The predicted molar refractivity (Wildman–Crippen MR) is 113 cm³/mol. The molecule has 2 aromatic heterocycles. The van der Waals surface area contributed by atoms with Gasteiger partial charge in [0.25, 0.3) is 10.0 Å². The van der Waals surface area contributed by atoms with Crippen LogP contribution in [-0.2, 0) is 20.6 Å². The highest BCUT2D eigenvalue weighted by Crippen LogP contribution is 2.26. The first-order chi connectivity index (χ1) is 14.0. The monoisotopic (exact) mass is 454 g/mol. The van der Waals surface area contributed by atoms with Crippen molar-refractivity contribution >= 4 is 44.7 Å². The summed E-state index contributed by atoms with van der Waals surface area (Å²) in [6, 6.07) is 11.8. The average molecular weight is 455 g/mol. The maximum absolute atomic E-state index is 13.3. The lowest BCUT2D eigenvalue weighted by molar-refractivity contribution is -0.119. The summed E-state index contributed by atoms with van der Waals surface area (Å²) in [5.41, 5.74) is 0.224. The Morgan fingerprint density at radius 1 is 1.17 bits per heavy atom. The molecule has 3 rings (SSSR count). The lowest BCUT2D eigenvalue weighted by atomic mass is 10.3. The van der Waals surface area contributed by atoms with Crippen molar-refractivity contribution in [1.82, 2.24) is 5.32 Å². The van der Waals surface area contributed by atoms with Gasteiger partial charge in [0.1, 0.15) is 22.3 Å². The molecule has 2 heterocycles. The summed E-state index contributed by atoms with van der Waals surface area (Å²) < 4.78 is 45.6. The highest BCUT2D eigenvalue weighted by atomic mass is 32.2. The number of carbonyl (C=O) groups excluding carboxylic acids is 1. The molecule has 1 aromatic carbocycles. The molecular weight excluding hydrogens is 435 g/mol. The van der Waals surface area contributed by atoms with Gasteiger partial charge >= 0.3 is 0 Å². The molecule has 0 spiro atoms. The molecule has 0 fully saturated rings.